The first-order chi connectivity index (χ1) is 9.69. The van der Waals surface area contributed by atoms with Crippen molar-refractivity contribution in [3.8, 4) is 11.6 Å². The molecule has 2 aromatic rings. The van der Waals surface area contributed by atoms with Crippen LogP contribution in [-0.4, -0.2) is 32.7 Å². The van der Waals surface area contributed by atoms with Crippen LogP contribution in [0.2, 0.25) is 0 Å². The fourth-order valence-electron chi connectivity index (χ4n) is 2.15. The summed E-state index contributed by atoms with van der Waals surface area (Å²) in [7, 11) is 0. The van der Waals surface area contributed by atoms with Gasteiger partial charge in [0, 0.05) is 24.9 Å². The first kappa shape index (κ1) is 14.6. The molecule has 0 aliphatic rings. The SMILES string of the molecule is CCNC(Cc1nc(-c2ncccn2)no1)CC(C)C. The Kier molecular flexibility index (Phi) is 5.17. The van der Waals surface area contributed by atoms with Gasteiger partial charge in [0.25, 0.3) is 0 Å². The molecule has 0 aromatic carbocycles. The highest BCUT2D eigenvalue weighted by atomic mass is 16.5. The Hall–Kier alpha value is -1.82. The van der Waals surface area contributed by atoms with Crippen LogP contribution in [-0.2, 0) is 6.42 Å². The first-order valence-corrected chi connectivity index (χ1v) is 7.02. The van der Waals surface area contributed by atoms with Crippen molar-refractivity contribution in [1.82, 2.24) is 25.4 Å². The van der Waals surface area contributed by atoms with Gasteiger partial charge in [-0.3, -0.25) is 0 Å². The van der Waals surface area contributed by atoms with Crippen molar-refractivity contribution < 1.29 is 4.52 Å². The molecule has 6 heteroatoms. The van der Waals surface area contributed by atoms with Gasteiger partial charge in [0.1, 0.15) is 0 Å². The molecule has 0 spiro atoms. The van der Waals surface area contributed by atoms with Gasteiger partial charge in [0.05, 0.1) is 0 Å². The third-order valence-electron chi connectivity index (χ3n) is 2.90. The van der Waals surface area contributed by atoms with E-state index >= 15 is 0 Å². The molecule has 2 heterocycles. The van der Waals surface area contributed by atoms with E-state index in [2.05, 4.69) is 46.2 Å². The molecule has 6 nitrogen and oxygen atoms in total. The van der Waals surface area contributed by atoms with Crippen LogP contribution >= 0.6 is 0 Å². The Bertz CT molecular complexity index is 511. The number of nitrogens with one attached hydrogen (secondary N) is 1. The van der Waals surface area contributed by atoms with Crippen LogP contribution in [0.25, 0.3) is 11.6 Å². The average Bonchev–Trinajstić information content (AvgIpc) is 2.88. The predicted molar refractivity (Wildman–Crippen MR) is 75.9 cm³/mol. The predicted octanol–water partition coefficient (Wildman–Crippen LogP) is 2.09. The Balaban J connectivity index is 2.04. The number of likely N-dealkylation sites (N-methyl/N-ethyl adjacent to an activating group) is 1. The highest BCUT2D eigenvalue weighted by Gasteiger charge is 2.16. The molecule has 108 valence electrons. The van der Waals surface area contributed by atoms with Crippen molar-refractivity contribution in [3.05, 3.63) is 24.4 Å². The lowest BCUT2D eigenvalue weighted by atomic mass is 10.0. The second kappa shape index (κ2) is 7.09. The van der Waals surface area contributed by atoms with E-state index in [9.17, 15) is 0 Å². The summed E-state index contributed by atoms with van der Waals surface area (Å²) in [6.07, 6.45) is 5.14. The minimum Gasteiger partial charge on any atom is -0.339 e. The van der Waals surface area contributed by atoms with Crippen molar-refractivity contribution in [2.24, 2.45) is 5.92 Å². The molecule has 20 heavy (non-hydrogen) atoms. The number of hydrogen-bond donors (Lipinski definition) is 1. The van der Waals surface area contributed by atoms with E-state index in [-0.39, 0.29) is 0 Å². The lowest BCUT2D eigenvalue weighted by Crippen LogP contribution is -2.32. The highest BCUT2D eigenvalue weighted by molar-refractivity contribution is 5.40. The molecule has 0 saturated heterocycles. The maximum atomic E-state index is 5.30. The van der Waals surface area contributed by atoms with Crippen molar-refractivity contribution in [1.29, 1.82) is 0 Å². The molecule has 0 amide bonds. The summed E-state index contributed by atoms with van der Waals surface area (Å²) < 4.78 is 5.30. The molecule has 1 N–H and O–H groups in total. The van der Waals surface area contributed by atoms with Gasteiger partial charge < -0.3 is 9.84 Å². The number of rotatable bonds is 7. The minimum atomic E-state index is 0.352. The second-order valence-corrected chi connectivity index (χ2v) is 5.17. The summed E-state index contributed by atoms with van der Waals surface area (Å²) in [5.74, 6) is 2.18. The van der Waals surface area contributed by atoms with Gasteiger partial charge in [-0.25, -0.2) is 9.97 Å². The lowest BCUT2D eigenvalue weighted by molar-refractivity contribution is 0.340. The van der Waals surface area contributed by atoms with Crippen LogP contribution in [0.15, 0.2) is 23.0 Å². The molecule has 1 atom stereocenters. The van der Waals surface area contributed by atoms with Gasteiger partial charge in [-0.05, 0) is 24.9 Å². The Labute approximate surface area is 119 Å². The standard InChI is InChI=1S/C14H21N5O/c1-4-15-11(8-10(2)3)9-12-18-14(19-20-12)13-16-6-5-7-17-13/h5-7,10-11,15H,4,8-9H2,1-3H3. The van der Waals surface area contributed by atoms with Gasteiger partial charge >= 0.3 is 0 Å². The van der Waals surface area contributed by atoms with E-state index in [0.717, 1.165) is 19.4 Å². The molecule has 0 fully saturated rings. The van der Waals surface area contributed by atoms with Crippen LogP contribution in [0.5, 0.6) is 0 Å². The molecule has 0 radical (unpaired) electrons. The summed E-state index contributed by atoms with van der Waals surface area (Å²) >= 11 is 0. The Morgan fingerprint density at radius 2 is 1.95 bits per heavy atom. The van der Waals surface area contributed by atoms with Crippen LogP contribution in [0, 0.1) is 5.92 Å². The van der Waals surface area contributed by atoms with E-state index in [1.807, 2.05) is 0 Å². The van der Waals surface area contributed by atoms with Gasteiger partial charge in [-0.1, -0.05) is 25.9 Å². The normalized spacial score (nSPS) is 12.8. The van der Waals surface area contributed by atoms with Crippen molar-refractivity contribution in [2.75, 3.05) is 6.54 Å². The zero-order valence-electron chi connectivity index (χ0n) is 12.2. The maximum Gasteiger partial charge on any atom is 0.240 e. The maximum absolute atomic E-state index is 5.30. The van der Waals surface area contributed by atoms with Crippen molar-refractivity contribution >= 4 is 0 Å². The third kappa shape index (κ3) is 4.09. The second-order valence-electron chi connectivity index (χ2n) is 5.17. The van der Waals surface area contributed by atoms with Gasteiger partial charge in [0.15, 0.2) is 0 Å². The lowest BCUT2D eigenvalue weighted by Gasteiger charge is -2.17. The van der Waals surface area contributed by atoms with E-state index < -0.39 is 0 Å². The summed E-state index contributed by atoms with van der Waals surface area (Å²) in [5, 5.41) is 7.39. The molecule has 0 aliphatic carbocycles. The average molecular weight is 275 g/mol. The molecular formula is C14H21N5O. The van der Waals surface area contributed by atoms with Gasteiger partial charge in [-0.2, -0.15) is 4.98 Å². The highest BCUT2D eigenvalue weighted by Crippen LogP contribution is 2.13. The van der Waals surface area contributed by atoms with E-state index in [1.165, 1.54) is 0 Å². The summed E-state index contributed by atoms with van der Waals surface area (Å²) in [5.41, 5.74) is 0. The van der Waals surface area contributed by atoms with Crippen LogP contribution in [0.4, 0.5) is 0 Å². The molecular weight excluding hydrogens is 254 g/mol. The van der Waals surface area contributed by atoms with E-state index in [0.29, 0.717) is 29.5 Å². The third-order valence-corrected chi connectivity index (χ3v) is 2.90. The van der Waals surface area contributed by atoms with Crippen LogP contribution in [0.3, 0.4) is 0 Å². The smallest absolute Gasteiger partial charge is 0.240 e. The summed E-state index contributed by atoms with van der Waals surface area (Å²) in [4.78, 5) is 12.6. The van der Waals surface area contributed by atoms with Crippen molar-refractivity contribution in [2.45, 2.75) is 39.7 Å². The Morgan fingerprint density at radius 3 is 2.60 bits per heavy atom. The molecule has 0 aliphatic heterocycles. The van der Waals surface area contributed by atoms with Gasteiger partial charge in [-0.15, -0.1) is 0 Å². The van der Waals surface area contributed by atoms with Crippen LogP contribution in [0.1, 0.15) is 33.1 Å². The minimum absolute atomic E-state index is 0.352. The molecule has 0 saturated carbocycles. The van der Waals surface area contributed by atoms with E-state index in [1.54, 1.807) is 18.5 Å². The van der Waals surface area contributed by atoms with Gasteiger partial charge in [0.2, 0.25) is 17.5 Å². The molecule has 2 rings (SSSR count). The molecule has 0 bridgehead atoms. The van der Waals surface area contributed by atoms with Crippen molar-refractivity contribution in [3.63, 3.8) is 0 Å². The van der Waals surface area contributed by atoms with Crippen LogP contribution < -0.4 is 5.32 Å². The first-order valence-electron chi connectivity index (χ1n) is 7.02. The van der Waals surface area contributed by atoms with E-state index in [4.69, 9.17) is 4.52 Å². The zero-order valence-corrected chi connectivity index (χ0v) is 12.2. The number of hydrogen-bond acceptors (Lipinski definition) is 6. The molecule has 2 aromatic heterocycles. The largest absolute Gasteiger partial charge is 0.339 e. The topological polar surface area (TPSA) is 76.7 Å². The summed E-state index contributed by atoms with van der Waals surface area (Å²) in [6.45, 7) is 7.45. The molecule has 1 unspecified atom stereocenters. The zero-order chi connectivity index (χ0) is 14.4. The monoisotopic (exact) mass is 275 g/mol. The number of nitrogens with zero attached hydrogens (tertiary/aromatic N) is 4. The fourth-order valence-corrected chi connectivity index (χ4v) is 2.15. The Morgan fingerprint density at radius 1 is 1.20 bits per heavy atom. The summed E-state index contributed by atoms with van der Waals surface area (Å²) in [6, 6.07) is 2.11. The quantitative estimate of drug-likeness (QED) is 0.833. The fraction of sp³-hybridized carbons (Fsp3) is 0.571. The number of aromatic nitrogens is 4.